The highest BCUT2D eigenvalue weighted by atomic mass is 32.2. The van der Waals surface area contributed by atoms with Gasteiger partial charge in [-0.3, -0.25) is 5.14 Å². The lowest BCUT2D eigenvalue weighted by Crippen LogP contribution is -2.44. The second kappa shape index (κ2) is 6.50. The third kappa shape index (κ3) is 3.21. The van der Waals surface area contributed by atoms with E-state index in [4.69, 9.17) is 9.88 Å². The van der Waals surface area contributed by atoms with Crippen molar-refractivity contribution in [2.24, 2.45) is 5.14 Å². The maximum absolute atomic E-state index is 6.00. The van der Waals surface area contributed by atoms with E-state index < -0.39 is 0 Å². The van der Waals surface area contributed by atoms with Crippen LogP contribution in [0.1, 0.15) is 40.5 Å². The van der Waals surface area contributed by atoms with E-state index in [0.717, 1.165) is 25.2 Å². The number of unbranched alkanes of at least 4 members (excludes halogenated alkanes) is 1. The fraction of sp³-hybridized carbons (Fsp3) is 0.600. The topological polar surface area (TPSA) is 38.5 Å². The summed E-state index contributed by atoms with van der Waals surface area (Å²) in [6, 6.07) is 6.29. The van der Waals surface area contributed by atoms with Crippen LogP contribution in [0.2, 0.25) is 0 Å². The van der Waals surface area contributed by atoms with Crippen LogP contribution in [0.3, 0.4) is 0 Å². The standard InChI is InChI=1S/C15H24N2OS2/c1-5-6-10-18-11-8-7-9-12-13(11)17(15(2,3)4)14(19-12)20-16/h7-9,14H,5-6,10,16H2,1-4H3. The molecule has 1 heterocycles. The predicted molar refractivity (Wildman–Crippen MR) is 90.5 cm³/mol. The van der Waals surface area contributed by atoms with Crippen LogP contribution in [0.4, 0.5) is 5.69 Å². The van der Waals surface area contributed by atoms with Crippen molar-refractivity contribution in [3.8, 4) is 5.75 Å². The van der Waals surface area contributed by atoms with Crippen molar-refractivity contribution in [2.45, 2.75) is 55.7 Å². The van der Waals surface area contributed by atoms with Crippen LogP contribution < -0.4 is 14.8 Å². The van der Waals surface area contributed by atoms with Crippen molar-refractivity contribution in [3.63, 3.8) is 0 Å². The molecule has 1 atom stereocenters. The molecular weight excluding hydrogens is 288 g/mol. The molecule has 1 aromatic carbocycles. The third-order valence-electron chi connectivity index (χ3n) is 3.24. The maximum Gasteiger partial charge on any atom is 0.143 e. The lowest BCUT2D eigenvalue weighted by Gasteiger charge is -2.38. The maximum atomic E-state index is 6.00. The molecule has 112 valence electrons. The molecule has 0 radical (unpaired) electrons. The van der Waals surface area contributed by atoms with E-state index in [0.29, 0.717) is 0 Å². The summed E-state index contributed by atoms with van der Waals surface area (Å²) in [6.45, 7) is 9.60. The highest BCUT2D eigenvalue weighted by Crippen LogP contribution is 2.53. The summed E-state index contributed by atoms with van der Waals surface area (Å²) < 4.78 is 6.21. The predicted octanol–water partition coefficient (Wildman–Crippen LogP) is 4.47. The number of rotatable bonds is 5. The first-order chi connectivity index (χ1) is 9.49. The van der Waals surface area contributed by atoms with Gasteiger partial charge in [0.2, 0.25) is 0 Å². The van der Waals surface area contributed by atoms with Gasteiger partial charge in [0.15, 0.2) is 0 Å². The Morgan fingerprint density at radius 3 is 2.75 bits per heavy atom. The minimum atomic E-state index is 0.0134. The van der Waals surface area contributed by atoms with Crippen LogP contribution in [0.5, 0.6) is 5.75 Å². The minimum Gasteiger partial charge on any atom is -0.491 e. The molecule has 0 saturated heterocycles. The lowest BCUT2D eigenvalue weighted by molar-refractivity contribution is 0.308. The summed E-state index contributed by atoms with van der Waals surface area (Å²) in [6.07, 6.45) is 2.23. The van der Waals surface area contributed by atoms with Crippen LogP contribution in [-0.2, 0) is 0 Å². The average molecular weight is 313 g/mol. The fourth-order valence-electron chi connectivity index (χ4n) is 2.28. The summed E-state index contributed by atoms with van der Waals surface area (Å²) in [7, 11) is 0. The van der Waals surface area contributed by atoms with Crippen LogP contribution >= 0.6 is 23.7 Å². The normalized spacial score (nSPS) is 18.2. The highest BCUT2D eigenvalue weighted by molar-refractivity contribution is 8.16. The van der Waals surface area contributed by atoms with Crippen molar-refractivity contribution in [2.75, 3.05) is 11.5 Å². The largest absolute Gasteiger partial charge is 0.491 e. The molecule has 1 unspecified atom stereocenters. The fourth-order valence-corrected chi connectivity index (χ4v) is 4.57. The Morgan fingerprint density at radius 1 is 1.40 bits per heavy atom. The zero-order chi connectivity index (χ0) is 14.8. The van der Waals surface area contributed by atoms with Gasteiger partial charge in [-0.15, -0.1) is 0 Å². The summed E-state index contributed by atoms with van der Waals surface area (Å²) in [5.41, 5.74) is 1.21. The zero-order valence-corrected chi connectivity index (χ0v) is 14.3. The van der Waals surface area contributed by atoms with Crippen LogP contribution in [0.15, 0.2) is 23.1 Å². The second-order valence-corrected chi connectivity index (χ2v) is 8.05. The number of hydrogen-bond donors (Lipinski definition) is 1. The van der Waals surface area contributed by atoms with Crippen molar-refractivity contribution >= 4 is 29.4 Å². The molecule has 0 saturated carbocycles. The number of hydrogen-bond acceptors (Lipinski definition) is 5. The minimum absolute atomic E-state index is 0.0134. The Balaban J connectivity index is 2.34. The summed E-state index contributed by atoms with van der Waals surface area (Å²) in [5, 5.41) is 5.89. The van der Waals surface area contributed by atoms with E-state index in [1.807, 2.05) is 11.8 Å². The molecule has 3 nitrogen and oxygen atoms in total. The summed E-state index contributed by atoms with van der Waals surface area (Å²) in [4.78, 5) is 3.63. The number of nitrogens with zero attached hydrogens (tertiary/aromatic N) is 1. The Bertz CT molecular complexity index is 460. The van der Waals surface area contributed by atoms with Crippen molar-refractivity contribution in [1.29, 1.82) is 0 Å². The van der Waals surface area contributed by atoms with Crippen molar-refractivity contribution in [1.82, 2.24) is 0 Å². The van der Waals surface area contributed by atoms with Gasteiger partial charge in [-0.05, 0) is 51.3 Å². The molecule has 2 N–H and O–H groups in total. The van der Waals surface area contributed by atoms with Crippen LogP contribution in [0, 0.1) is 0 Å². The SMILES string of the molecule is CCCCOc1cccc2c1N(C(C)(C)C)C(SN)S2. The molecule has 0 fully saturated rings. The second-order valence-electron chi connectivity index (χ2n) is 5.91. The number of nitrogens with two attached hydrogens (primary N) is 1. The van der Waals surface area contributed by atoms with Gasteiger partial charge in [0.05, 0.1) is 12.3 Å². The monoisotopic (exact) mass is 312 g/mol. The number of thioether (sulfide) groups is 1. The first-order valence-electron chi connectivity index (χ1n) is 7.06. The highest BCUT2D eigenvalue weighted by Gasteiger charge is 2.39. The molecule has 2 rings (SSSR count). The summed E-state index contributed by atoms with van der Waals surface area (Å²) in [5.74, 6) is 0.981. The summed E-state index contributed by atoms with van der Waals surface area (Å²) >= 11 is 3.20. The molecule has 1 aromatic rings. The van der Waals surface area contributed by atoms with Gasteiger partial charge in [0.1, 0.15) is 10.5 Å². The number of ether oxygens (including phenoxy) is 1. The molecule has 1 aliphatic rings. The molecule has 0 aromatic heterocycles. The molecule has 0 bridgehead atoms. The van der Waals surface area contributed by atoms with Crippen molar-refractivity contribution in [3.05, 3.63) is 18.2 Å². The zero-order valence-electron chi connectivity index (χ0n) is 12.7. The number of para-hydroxylation sites is 1. The van der Waals surface area contributed by atoms with Crippen molar-refractivity contribution < 1.29 is 4.74 Å². The molecular formula is C15H24N2OS2. The Hall–Kier alpha value is -0.520. The van der Waals surface area contributed by atoms with Gasteiger partial charge in [0, 0.05) is 10.4 Å². The molecule has 0 spiro atoms. The Labute approximate surface area is 130 Å². The first-order valence-corrected chi connectivity index (χ1v) is 8.88. The third-order valence-corrected chi connectivity index (χ3v) is 5.30. The van der Waals surface area contributed by atoms with E-state index in [1.165, 1.54) is 22.5 Å². The van der Waals surface area contributed by atoms with E-state index in [-0.39, 0.29) is 10.2 Å². The first kappa shape index (κ1) is 15.9. The molecule has 1 aliphatic heterocycles. The van der Waals surface area contributed by atoms with Gasteiger partial charge < -0.3 is 9.64 Å². The van der Waals surface area contributed by atoms with E-state index in [9.17, 15) is 0 Å². The Kier molecular flexibility index (Phi) is 5.15. The molecule has 20 heavy (non-hydrogen) atoms. The Morgan fingerprint density at radius 2 is 2.15 bits per heavy atom. The number of anilines is 1. The van der Waals surface area contributed by atoms with Gasteiger partial charge in [-0.1, -0.05) is 31.2 Å². The molecule has 0 aliphatic carbocycles. The van der Waals surface area contributed by atoms with Crippen LogP contribution in [-0.4, -0.2) is 16.9 Å². The van der Waals surface area contributed by atoms with Gasteiger partial charge in [0.25, 0.3) is 0 Å². The average Bonchev–Trinajstić information content (AvgIpc) is 2.78. The van der Waals surface area contributed by atoms with Gasteiger partial charge in [-0.25, -0.2) is 0 Å². The quantitative estimate of drug-likeness (QED) is 0.641. The lowest BCUT2D eigenvalue weighted by atomic mass is 10.1. The van der Waals surface area contributed by atoms with E-state index in [1.54, 1.807) is 0 Å². The van der Waals surface area contributed by atoms with E-state index in [2.05, 4.69) is 50.8 Å². The smallest absolute Gasteiger partial charge is 0.143 e. The van der Waals surface area contributed by atoms with Crippen LogP contribution in [0.25, 0.3) is 0 Å². The molecule has 5 heteroatoms. The van der Waals surface area contributed by atoms with Gasteiger partial charge >= 0.3 is 0 Å². The number of benzene rings is 1. The van der Waals surface area contributed by atoms with E-state index >= 15 is 0 Å². The number of fused-ring (bicyclic) bond motifs is 1. The molecule has 0 amide bonds. The van der Waals surface area contributed by atoms with Gasteiger partial charge in [-0.2, -0.15) is 0 Å².